The smallest absolute Gasteiger partial charge is 0.142 e. The van der Waals surface area contributed by atoms with Crippen molar-refractivity contribution in [2.75, 3.05) is 0 Å². The Kier molecular flexibility index (Phi) is 5.23. The predicted molar refractivity (Wildman–Crippen MR) is 153 cm³/mol. The Hall–Kier alpha value is -4.80. The van der Waals surface area contributed by atoms with E-state index < -0.39 is 0 Å². The summed E-state index contributed by atoms with van der Waals surface area (Å²) < 4.78 is 6.93. The van der Waals surface area contributed by atoms with E-state index in [-0.39, 0.29) is 0 Å². The molecule has 0 saturated carbocycles. The van der Waals surface area contributed by atoms with Crippen LogP contribution in [0.4, 0.5) is 0 Å². The normalized spacial score (nSPS) is 12.3. The van der Waals surface area contributed by atoms with Gasteiger partial charge in [-0.3, -0.25) is 0 Å². The molecule has 0 aliphatic heterocycles. The van der Waals surface area contributed by atoms with Crippen LogP contribution in [0.1, 0.15) is 17.5 Å². The molecule has 0 saturated heterocycles. The minimum atomic E-state index is 0.932. The molecule has 0 N–H and O–H groups in total. The summed E-state index contributed by atoms with van der Waals surface area (Å²) in [5.41, 5.74) is 9.22. The van der Waals surface area contributed by atoms with E-state index in [1.807, 2.05) is 12.1 Å². The standard InChI is InChI=1S/C36H24O/c1-3-12-25(13-4-1)28-17-11-18-29(24-28)35-32-20-9-10-21-33(32)36(37-35)34-30-19-8-7-16-27(30)22-23-31(34)26-14-5-2-6-15-26/h1-5,7-9,11-14,16-20,22-24H,10,21H2. The Morgan fingerprint density at radius 3 is 2.41 bits per heavy atom. The number of rotatable bonds is 4. The summed E-state index contributed by atoms with van der Waals surface area (Å²) in [6, 6.07) is 44.6. The zero-order valence-electron chi connectivity index (χ0n) is 20.4. The van der Waals surface area contributed by atoms with Crippen LogP contribution < -0.4 is 0 Å². The molecule has 1 aliphatic carbocycles. The lowest BCUT2D eigenvalue weighted by Gasteiger charge is -2.13. The third-order valence-corrected chi connectivity index (χ3v) is 7.22. The SMILES string of the molecule is c1cccc(-c2ccc3ccccc3c2-c2oc(-c3cccc(-c4ccccc4)c3)c3c2CCC=C3)c#1. The largest absolute Gasteiger partial charge is 0.455 e. The van der Waals surface area contributed by atoms with Crippen LogP contribution in [0.15, 0.2) is 120 Å². The van der Waals surface area contributed by atoms with Gasteiger partial charge in [0.05, 0.1) is 0 Å². The summed E-state index contributed by atoms with van der Waals surface area (Å²) in [6.45, 7) is 0. The van der Waals surface area contributed by atoms with Gasteiger partial charge in [0.1, 0.15) is 11.5 Å². The highest BCUT2D eigenvalue weighted by Crippen LogP contribution is 2.46. The summed E-state index contributed by atoms with van der Waals surface area (Å²) in [5.74, 6) is 1.89. The summed E-state index contributed by atoms with van der Waals surface area (Å²) in [4.78, 5) is 0. The number of benzene rings is 4. The highest BCUT2D eigenvalue weighted by atomic mass is 16.3. The first-order valence-corrected chi connectivity index (χ1v) is 12.8. The van der Waals surface area contributed by atoms with Gasteiger partial charge in [-0.15, -0.1) is 0 Å². The number of furan rings is 1. The lowest BCUT2D eigenvalue weighted by Crippen LogP contribution is -1.95. The van der Waals surface area contributed by atoms with Crippen molar-refractivity contribution in [1.29, 1.82) is 0 Å². The Labute approximate surface area is 217 Å². The third kappa shape index (κ3) is 3.75. The van der Waals surface area contributed by atoms with Crippen LogP contribution >= 0.6 is 0 Å². The molecule has 0 spiro atoms. The first-order valence-electron chi connectivity index (χ1n) is 12.8. The van der Waals surface area contributed by atoms with E-state index in [1.165, 1.54) is 33.0 Å². The quantitative estimate of drug-likeness (QED) is 0.249. The second-order valence-corrected chi connectivity index (χ2v) is 9.46. The number of hydrogen-bond acceptors (Lipinski definition) is 1. The van der Waals surface area contributed by atoms with Crippen molar-refractivity contribution >= 4 is 16.8 Å². The average Bonchev–Trinajstić information content (AvgIpc) is 3.37. The highest BCUT2D eigenvalue weighted by molar-refractivity contribution is 6.04. The minimum absolute atomic E-state index is 0.932. The van der Waals surface area contributed by atoms with E-state index in [0.717, 1.165) is 46.6 Å². The molecule has 1 nitrogen and oxygen atoms in total. The minimum Gasteiger partial charge on any atom is -0.455 e. The molecule has 7 rings (SSSR count). The molecule has 5 aromatic carbocycles. The maximum absolute atomic E-state index is 6.93. The number of allylic oxidation sites excluding steroid dienone is 1. The lowest BCUT2D eigenvalue weighted by molar-refractivity contribution is 0.595. The molecule has 1 heteroatoms. The molecule has 6 aromatic rings. The van der Waals surface area contributed by atoms with Crippen molar-refractivity contribution in [1.82, 2.24) is 0 Å². The molecular formula is C36H24O. The van der Waals surface area contributed by atoms with Crippen molar-refractivity contribution in [3.63, 3.8) is 0 Å². The van der Waals surface area contributed by atoms with Crippen LogP contribution in [0.25, 0.3) is 61.7 Å². The second kappa shape index (κ2) is 9.01. The Morgan fingerprint density at radius 1 is 0.676 bits per heavy atom. The van der Waals surface area contributed by atoms with Crippen molar-refractivity contribution in [3.05, 3.63) is 139 Å². The van der Waals surface area contributed by atoms with Crippen LogP contribution in [0.5, 0.6) is 0 Å². The molecule has 0 bridgehead atoms. The maximum Gasteiger partial charge on any atom is 0.142 e. The first-order chi connectivity index (χ1) is 18.4. The molecule has 0 amide bonds. The number of hydrogen-bond donors (Lipinski definition) is 0. The lowest BCUT2D eigenvalue weighted by atomic mass is 9.88. The monoisotopic (exact) mass is 472 g/mol. The Balaban J connectivity index is 1.49. The van der Waals surface area contributed by atoms with Gasteiger partial charge in [0.25, 0.3) is 0 Å². The summed E-state index contributed by atoms with van der Waals surface area (Å²) >= 11 is 0. The van der Waals surface area contributed by atoms with Gasteiger partial charge in [0.15, 0.2) is 0 Å². The topological polar surface area (TPSA) is 13.1 Å². The fraction of sp³-hybridized carbons (Fsp3) is 0.0556. The summed E-state index contributed by atoms with van der Waals surface area (Å²) in [6.07, 6.45) is 6.46. The van der Waals surface area contributed by atoms with E-state index in [9.17, 15) is 0 Å². The van der Waals surface area contributed by atoms with Gasteiger partial charge in [-0.1, -0.05) is 115 Å². The van der Waals surface area contributed by atoms with Crippen molar-refractivity contribution in [3.8, 4) is 44.9 Å². The molecular weight excluding hydrogens is 448 g/mol. The van der Waals surface area contributed by atoms with E-state index in [1.54, 1.807) is 0 Å². The molecule has 0 radical (unpaired) electrons. The van der Waals surface area contributed by atoms with Crippen LogP contribution in [0.2, 0.25) is 0 Å². The summed E-state index contributed by atoms with van der Waals surface area (Å²) in [5, 5.41) is 2.39. The number of fused-ring (bicyclic) bond motifs is 2. The zero-order valence-corrected chi connectivity index (χ0v) is 20.4. The van der Waals surface area contributed by atoms with Crippen molar-refractivity contribution in [2.24, 2.45) is 0 Å². The molecule has 0 unspecified atom stereocenters. The van der Waals surface area contributed by atoms with Crippen LogP contribution in [0, 0.1) is 12.1 Å². The third-order valence-electron chi connectivity index (χ3n) is 7.22. The van der Waals surface area contributed by atoms with Gasteiger partial charge in [0.2, 0.25) is 0 Å². The second-order valence-electron chi connectivity index (χ2n) is 9.46. The molecule has 1 heterocycles. The highest BCUT2D eigenvalue weighted by Gasteiger charge is 2.26. The maximum atomic E-state index is 6.93. The molecule has 1 aliphatic rings. The van der Waals surface area contributed by atoms with E-state index in [4.69, 9.17) is 4.42 Å². The van der Waals surface area contributed by atoms with E-state index >= 15 is 0 Å². The fourth-order valence-corrected chi connectivity index (χ4v) is 5.47. The molecule has 37 heavy (non-hydrogen) atoms. The van der Waals surface area contributed by atoms with Crippen LogP contribution in [0.3, 0.4) is 0 Å². The van der Waals surface area contributed by atoms with Gasteiger partial charge in [-0.05, 0) is 52.9 Å². The predicted octanol–water partition coefficient (Wildman–Crippen LogP) is 9.66. The summed E-state index contributed by atoms with van der Waals surface area (Å²) in [7, 11) is 0. The van der Waals surface area contributed by atoms with Gasteiger partial charge >= 0.3 is 0 Å². The van der Waals surface area contributed by atoms with Gasteiger partial charge in [0, 0.05) is 33.4 Å². The molecule has 174 valence electrons. The van der Waals surface area contributed by atoms with Crippen molar-refractivity contribution in [2.45, 2.75) is 12.8 Å². The Bertz CT molecular complexity index is 1750. The van der Waals surface area contributed by atoms with Gasteiger partial charge in [-0.2, -0.15) is 0 Å². The van der Waals surface area contributed by atoms with Crippen LogP contribution in [-0.4, -0.2) is 0 Å². The van der Waals surface area contributed by atoms with E-state index in [0.29, 0.717) is 0 Å². The first kappa shape index (κ1) is 21.5. The zero-order chi connectivity index (χ0) is 24.6. The van der Waals surface area contributed by atoms with E-state index in [2.05, 4.69) is 121 Å². The average molecular weight is 473 g/mol. The van der Waals surface area contributed by atoms with Gasteiger partial charge in [-0.25, -0.2) is 0 Å². The molecule has 0 fully saturated rings. The van der Waals surface area contributed by atoms with Crippen molar-refractivity contribution < 1.29 is 4.42 Å². The Morgan fingerprint density at radius 2 is 1.51 bits per heavy atom. The molecule has 0 atom stereocenters. The molecule has 1 aromatic heterocycles. The fourth-order valence-electron chi connectivity index (χ4n) is 5.47. The van der Waals surface area contributed by atoms with Gasteiger partial charge < -0.3 is 4.42 Å². The van der Waals surface area contributed by atoms with Crippen LogP contribution in [-0.2, 0) is 6.42 Å².